The van der Waals surface area contributed by atoms with E-state index in [0.29, 0.717) is 37.2 Å². The number of nitrogens with zero attached hydrogens (tertiary/aromatic N) is 1. The first-order valence-corrected chi connectivity index (χ1v) is 9.14. The number of rotatable bonds is 4. The Morgan fingerprint density at radius 3 is 2.42 bits per heavy atom. The molecule has 1 aromatic carbocycles. The first-order chi connectivity index (χ1) is 12.4. The number of hydrogen-bond donors (Lipinski definition) is 3. The second-order valence-corrected chi connectivity index (χ2v) is 7.20. The molecule has 2 aliphatic rings. The average molecular weight is 358 g/mol. The van der Waals surface area contributed by atoms with E-state index in [2.05, 4.69) is 34.7 Å². The minimum atomic E-state index is -0.306. The van der Waals surface area contributed by atoms with Gasteiger partial charge in [0.1, 0.15) is 0 Å². The van der Waals surface area contributed by atoms with E-state index in [4.69, 9.17) is 0 Å². The summed E-state index contributed by atoms with van der Waals surface area (Å²) in [6.45, 7) is 6.37. The SMILES string of the molecule is C[C@@H]1CNC[C@H](C)N1CC(=O)Nc1ccc(C2CCC(=O)NC2=O)cc1. The van der Waals surface area contributed by atoms with Gasteiger partial charge in [-0.25, -0.2) is 0 Å². The van der Waals surface area contributed by atoms with E-state index in [9.17, 15) is 14.4 Å². The summed E-state index contributed by atoms with van der Waals surface area (Å²) in [5, 5.41) is 8.65. The molecule has 2 heterocycles. The number of imide groups is 1. The van der Waals surface area contributed by atoms with Crippen LogP contribution < -0.4 is 16.0 Å². The Bertz CT molecular complexity index is 679. The standard InChI is InChI=1S/C19H26N4O3/c1-12-9-20-10-13(2)23(12)11-18(25)21-15-5-3-14(4-6-15)16-7-8-17(24)22-19(16)26/h3-6,12-13,16,20H,7-11H2,1-2H3,(H,21,25)(H,22,24,26)/t12-,13+,16?. The third-order valence-corrected chi connectivity index (χ3v) is 5.17. The lowest BCUT2D eigenvalue weighted by atomic mass is 9.90. The first-order valence-electron chi connectivity index (χ1n) is 9.14. The Kier molecular flexibility index (Phi) is 5.68. The molecule has 7 nitrogen and oxygen atoms in total. The second-order valence-electron chi connectivity index (χ2n) is 7.20. The number of anilines is 1. The van der Waals surface area contributed by atoms with Crippen molar-refractivity contribution in [2.45, 2.75) is 44.7 Å². The zero-order chi connectivity index (χ0) is 18.7. The molecule has 0 aliphatic carbocycles. The Hall–Kier alpha value is -2.25. The highest BCUT2D eigenvalue weighted by molar-refractivity contribution is 6.01. The molecule has 0 radical (unpaired) electrons. The molecule has 7 heteroatoms. The van der Waals surface area contributed by atoms with Gasteiger partial charge in [-0.3, -0.25) is 24.6 Å². The van der Waals surface area contributed by atoms with Crippen molar-refractivity contribution in [3.05, 3.63) is 29.8 Å². The minimum Gasteiger partial charge on any atom is -0.325 e. The second kappa shape index (κ2) is 7.97. The molecule has 26 heavy (non-hydrogen) atoms. The van der Waals surface area contributed by atoms with Crippen LogP contribution in [0.15, 0.2) is 24.3 Å². The third kappa shape index (κ3) is 4.28. The quantitative estimate of drug-likeness (QED) is 0.694. The fourth-order valence-corrected chi connectivity index (χ4v) is 3.66. The van der Waals surface area contributed by atoms with Crippen LogP contribution >= 0.6 is 0 Å². The number of piperazine rings is 1. The highest BCUT2D eigenvalue weighted by atomic mass is 16.2. The monoisotopic (exact) mass is 358 g/mol. The Balaban J connectivity index is 1.58. The zero-order valence-electron chi connectivity index (χ0n) is 15.2. The van der Waals surface area contributed by atoms with Gasteiger partial charge in [-0.1, -0.05) is 12.1 Å². The van der Waals surface area contributed by atoms with Gasteiger partial charge in [0.2, 0.25) is 17.7 Å². The highest BCUT2D eigenvalue weighted by Gasteiger charge is 2.28. The van der Waals surface area contributed by atoms with Crippen LogP contribution in [0.1, 0.15) is 38.2 Å². The molecule has 140 valence electrons. The first kappa shape index (κ1) is 18.5. The molecule has 2 aliphatic heterocycles. The van der Waals surface area contributed by atoms with Crippen molar-refractivity contribution < 1.29 is 14.4 Å². The minimum absolute atomic E-state index is 0.0423. The molecular formula is C19H26N4O3. The molecule has 1 unspecified atom stereocenters. The number of amides is 3. The van der Waals surface area contributed by atoms with Crippen LogP contribution in [0.2, 0.25) is 0 Å². The van der Waals surface area contributed by atoms with Gasteiger partial charge in [0.25, 0.3) is 0 Å². The average Bonchev–Trinajstić information content (AvgIpc) is 2.59. The summed E-state index contributed by atoms with van der Waals surface area (Å²) in [6.07, 6.45) is 0.880. The predicted octanol–water partition coefficient (Wildman–Crippen LogP) is 0.828. The fourth-order valence-electron chi connectivity index (χ4n) is 3.66. The van der Waals surface area contributed by atoms with E-state index >= 15 is 0 Å². The summed E-state index contributed by atoms with van der Waals surface area (Å²) in [5.41, 5.74) is 1.57. The van der Waals surface area contributed by atoms with Gasteiger partial charge in [0.15, 0.2) is 0 Å². The van der Waals surface area contributed by atoms with Crippen LogP contribution in [0.5, 0.6) is 0 Å². The Morgan fingerprint density at radius 2 is 1.81 bits per heavy atom. The van der Waals surface area contributed by atoms with Crippen molar-refractivity contribution in [2.24, 2.45) is 0 Å². The van der Waals surface area contributed by atoms with Crippen molar-refractivity contribution in [2.75, 3.05) is 25.0 Å². The van der Waals surface area contributed by atoms with E-state index in [-0.39, 0.29) is 23.6 Å². The molecule has 3 amide bonds. The lowest BCUT2D eigenvalue weighted by Crippen LogP contribution is -2.56. The van der Waals surface area contributed by atoms with Gasteiger partial charge in [-0.05, 0) is 38.0 Å². The molecule has 0 aromatic heterocycles. The predicted molar refractivity (Wildman–Crippen MR) is 98.7 cm³/mol. The fraction of sp³-hybridized carbons (Fsp3) is 0.526. The zero-order valence-corrected chi connectivity index (χ0v) is 15.2. The number of carbonyl (C=O) groups is 3. The molecular weight excluding hydrogens is 332 g/mol. The van der Waals surface area contributed by atoms with E-state index in [0.717, 1.165) is 18.7 Å². The molecule has 0 spiro atoms. The molecule has 1 aromatic rings. The van der Waals surface area contributed by atoms with Crippen molar-refractivity contribution in [1.82, 2.24) is 15.5 Å². The van der Waals surface area contributed by atoms with Gasteiger partial charge in [-0.15, -0.1) is 0 Å². The summed E-state index contributed by atoms with van der Waals surface area (Å²) in [5.74, 6) is -0.814. The lowest BCUT2D eigenvalue weighted by molar-refractivity contribution is -0.134. The molecule has 0 bridgehead atoms. The van der Waals surface area contributed by atoms with Crippen LogP contribution in [-0.2, 0) is 14.4 Å². The normalized spacial score (nSPS) is 27.1. The largest absolute Gasteiger partial charge is 0.325 e. The summed E-state index contributed by atoms with van der Waals surface area (Å²) in [7, 11) is 0. The van der Waals surface area contributed by atoms with Gasteiger partial charge in [0.05, 0.1) is 12.5 Å². The maximum Gasteiger partial charge on any atom is 0.238 e. The van der Waals surface area contributed by atoms with Crippen LogP contribution in [0.25, 0.3) is 0 Å². The third-order valence-electron chi connectivity index (χ3n) is 5.17. The highest BCUT2D eigenvalue weighted by Crippen LogP contribution is 2.25. The van der Waals surface area contributed by atoms with E-state index in [1.807, 2.05) is 24.3 Å². The Labute approximate surface area is 153 Å². The number of benzene rings is 1. The molecule has 3 N–H and O–H groups in total. The number of nitrogens with one attached hydrogen (secondary N) is 3. The Morgan fingerprint density at radius 1 is 1.15 bits per heavy atom. The van der Waals surface area contributed by atoms with Gasteiger partial charge in [0, 0.05) is 37.3 Å². The molecule has 2 fully saturated rings. The number of piperidine rings is 1. The van der Waals surface area contributed by atoms with E-state index in [1.54, 1.807) is 0 Å². The van der Waals surface area contributed by atoms with Gasteiger partial charge >= 0.3 is 0 Å². The molecule has 2 saturated heterocycles. The van der Waals surface area contributed by atoms with Crippen molar-refractivity contribution in [3.63, 3.8) is 0 Å². The van der Waals surface area contributed by atoms with Crippen molar-refractivity contribution in [3.8, 4) is 0 Å². The van der Waals surface area contributed by atoms with Gasteiger partial charge in [-0.2, -0.15) is 0 Å². The summed E-state index contributed by atoms with van der Waals surface area (Å²) in [4.78, 5) is 37.8. The molecule has 3 rings (SSSR count). The number of hydrogen-bond acceptors (Lipinski definition) is 5. The topological polar surface area (TPSA) is 90.5 Å². The van der Waals surface area contributed by atoms with Crippen molar-refractivity contribution >= 4 is 23.4 Å². The maximum atomic E-state index is 12.4. The summed E-state index contributed by atoms with van der Waals surface area (Å²) < 4.78 is 0. The molecule has 3 atom stereocenters. The maximum absolute atomic E-state index is 12.4. The summed E-state index contributed by atoms with van der Waals surface area (Å²) in [6, 6.07) is 7.93. The van der Waals surface area contributed by atoms with Crippen molar-refractivity contribution in [1.29, 1.82) is 0 Å². The van der Waals surface area contributed by atoms with Crippen LogP contribution in [0, 0.1) is 0 Å². The van der Waals surface area contributed by atoms with Crippen LogP contribution in [0.3, 0.4) is 0 Å². The van der Waals surface area contributed by atoms with Crippen LogP contribution in [-0.4, -0.2) is 54.3 Å². The lowest BCUT2D eigenvalue weighted by Gasteiger charge is -2.38. The van der Waals surface area contributed by atoms with E-state index < -0.39 is 0 Å². The number of carbonyl (C=O) groups excluding carboxylic acids is 3. The smallest absolute Gasteiger partial charge is 0.238 e. The van der Waals surface area contributed by atoms with Crippen LogP contribution in [0.4, 0.5) is 5.69 Å². The summed E-state index contributed by atoms with van der Waals surface area (Å²) >= 11 is 0. The van der Waals surface area contributed by atoms with E-state index in [1.165, 1.54) is 0 Å². The van der Waals surface area contributed by atoms with Gasteiger partial charge < -0.3 is 10.6 Å². The molecule has 0 saturated carbocycles.